The van der Waals surface area contributed by atoms with E-state index in [0.717, 1.165) is 62.5 Å². The zero-order valence-electron chi connectivity index (χ0n) is 19.3. The molecule has 1 amide bonds. The van der Waals surface area contributed by atoms with Crippen LogP contribution in [-0.2, 0) is 4.74 Å². The molecule has 2 aromatic heterocycles. The van der Waals surface area contributed by atoms with Gasteiger partial charge in [0.2, 0.25) is 0 Å². The first-order valence-corrected chi connectivity index (χ1v) is 12.2. The third kappa shape index (κ3) is 5.09. The lowest BCUT2D eigenvalue weighted by atomic mass is 9.90. The van der Waals surface area contributed by atoms with Gasteiger partial charge in [-0.25, -0.2) is 0 Å². The number of carbonyl (C=O) groups is 1. The van der Waals surface area contributed by atoms with Crippen LogP contribution >= 0.6 is 11.6 Å². The van der Waals surface area contributed by atoms with Gasteiger partial charge in [-0.15, -0.1) is 0 Å². The van der Waals surface area contributed by atoms with Gasteiger partial charge in [0.1, 0.15) is 0 Å². The second-order valence-electron chi connectivity index (χ2n) is 8.93. The molecule has 1 fully saturated rings. The molecule has 0 radical (unpaired) electrons. The Morgan fingerprint density at radius 2 is 1.97 bits per heavy atom. The molecule has 0 saturated carbocycles. The summed E-state index contributed by atoms with van der Waals surface area (Å²) < 4.78 is 7.39. The number of amides is 1. The van der Waals surface area contributed by atoms with Crippen LogP contribution in [0.4, 0.5) is 5.69 Å². The van der Waals surface area contributed by atoms with E-state index >= 15 is 0 Å². The normalized spacial score (nSPS) is 19.0. The van der Waals surface area contributed by atoms with Crippen molar-refractivity contribution in [1.29, 1.82) is 0 Å². The molecule has 7 heteroatoms. The minimum Gasteiger partial charge on any atom is -0.379 e. The number of rotatable bonds is 5. The molecular formula is C27H29ClN4O2. The highest BCUT2D eigenvalue weighted by molar-refractivity contribution is 6.30. The molecule has 3 heterocycles. The number of benzene rings is 1. The molecule has 1 aliphatic carbocycles. The summed E-state index contributed by atoms with van der Waals surface area (Å²) in [5.41, 5.74) is 5.65. The van der Waals surface area contributed by atoms with E-state index in [2.05, 4.69) is 23.2 Å². The van der Waals surface area contributed by atoms with Crippen molar-refractivity contribution in [2.45, 2.75) is 32.2 Å². The van der Waals surface area contributed by atoms with Gasteiger partial charge in [0.25, 0.3) is 5.91 Å². The van der Waals surface area contributed by atoms with Crippen LogP contribution in [0.2, 0.25) is 5.02 Å². The Bertz CT molecular complexity index is 1200. The maximum Gasteiger partial charge on any atom is 0.257 e. The average Bonchev–Trinajstić information content (AvgIpc) is 3.36. The van der Waals surface area contributed by atoms with Crippen molar-refractivity contribution in [3.8, 4) is 5.69 Å². The fourth-order valence-corrected chi connectivity index (χ4v) is 4.92. The van der Waals surface area contributed by atoms with Gasteiger partial charge < -0.3 is 14.6 Å². The summed E-state index contributed by atoms with van der Waals surface area (Å²) in [6.07, 6.45) is 11.0. The molecular weight excluding hydrogens is 448 g/mol. The summed E-state index contributed by atoms with van der Waals surface area (Å²) in [6, 6.07) is 11.9. The highest BCUT2D eigenvalue weighted by atomic mass is 35.5. The third-order valence-corrected chi connectivity index (χ3v) is 6.92. The van der Waals surface area contributed by atoms with Crippen molar-refractivity contribution in [3.05, 3.63) is 82.9 Å². The quantitative estimate of drug-likeness (QED) is 0.539. The molecule has 6 nitrogen and oxygen atoms in total. The number of morpholine rings is 1. The molecule has 2 aliphatic rings. The predicted molar refractivity (Wildman–Crippen MR) is 136 cm³/mol. The Labute approximate surface area is 205 Å². The lowest BCUT2D eigenvalue weighted by Gasteiger charge is -2.36. The fraction of sp³-hybridized carbons (Fsp3) is 0.333. The van der Waals surface area contributed by atoms with Crippen molar-refractivity contribution in [3.63, 3.8) is 0 Å². The summed E-state index contributed by atoms with van der Waals surface area (Å²) >= 11 is 5.97. The standard InChI is InChI=1S/C27H29ClN4O2/c1-19-16-23(30-27(33)21-10-11-32(18-21)25-8-4-22(28)5-9-25)17-29-26(19)20-2-6-24(7-3-20)31-12-14-34-15-13-31/h2,4-5,8-11,16-18,24H,3,6-7,12-15H2,1H3,(H,30,33). The van der Waals surface area contributed by atoms with E-state index in [-0.39, 0.29) is 5.91 Å². The lowest BCUT2D eigenvalue weighted by Crippen LogP contribution is -2.43. The van der Waals surface area contributed by atoms with Gasteiger partial charge >= 0.3 is 0 Å². The molecule has 3 aromatic rings. The number of carbonyl (C=O) groups excluding carboxylic acids is 1. The molecule has 176 valence electrons. The Balaban J connectivity index is 1.23. The van der Waals surface area contributed by atoms with Crippen molar-refractivity contribution < 1.29 is 9.53 Å². The van der Waals surface area contributed by atoms with E-state index in [0.29, 0.717) is 22.3 Å². The molecule has 1 aromatic carbocycles. The molecule has 1 N–H and O–H groups in total. The summed E-state index contributed by atoms with van der Waals surface area (Å²) in [4.78, 5) is 20.1. The van der Waals surface area contributed by atoms with Crippen molar-refractivity contribution >= 4 is 28.8 Å². The van der Waals surface area contributed by atoms with Crippen LogP contribution in [0, 0.1) is 6.92 Å². The topological polar surface area (TPSA) is 59.4 Å². The number of aryl methyl sites for hydroxylation is 1. The number of anilines is 1. The van der Waals surface area contributed by atoms with Crippen molar-refractivity contribution in [2.75, 3.05) is 31.6 Å². The molecule has 1 atom stereocenters. The van der Waals surface area contributed by atoms with Gasteiger partial charge in [-0.3, -0.25) is 14.7 Å². The fourth-order valence-electron chi connectivity index (χ4n) is 4.80. The second-order valence-corrected chi connectivity index (χ2v) is 9.37. The van der Waals surface area contributed by atoms with Crippen LogP contribution in [0.1, 0.15) is 40.9 Å². The minimum atomic E-state index is -0.160. The molecule has 1 saturated heterocycles. The molecule has 0 bridgehead atoms. The number of hydrogen-bond acceptors (Lipinski definition) is 4. The molecule has 0 spiro atoms. The molecule has 5 rings (SSSR count). The van der Waals surface area contributed by atoms with Gasteiger partial charge in [-0.05, 0) is 73.7 Å². The zero-order valence-corrected chi connectivity index (χ0v) is 20.1. The number of hydrogen-bond donors (Lipinski definition) is 1. The SMILES string of the molecule is Cc1cc(NC(=O)c2ccn(-c3ccc(Cl)cc3)c2)cnc1C1=CCC(N2CCOCC2)CC1. The number of nitrogens with zero attached hydrogens (tertiary/aromatic N) is 3. The smallest absolute Gasteiger partial charge is 0.257 e. The first-order valence-electron chi connectivity index (χ1n) is 11.8. The van der Waals surface area contributed by atoms with E-state index in [1.54, 1.807) is 12.3 Å². The van der Waals surface area contributed by atoms with Crippen LogP contribution < -0.4 is 5.32 Å². The van der Waals surface area contributed by atoms with Crippen LogP contribution in [0.25, 0.3) is 11.3 Å². The van der Waals surface area contributed by atoms with E-state index in [1.807, 2.05) is 47.3 Å². The molecule has 1 aliphatic heterocycles. The van der Waals surface area contributed by atoms with Gasteiger partial charge in [0, 0.05) is 42.2 Å². The summed E-state index contributed by atoms with van der Waals surface area (Å²) in [5, 5.41) is 3.66. The molecule has 34 heavy (non-hydrogen) atoms. The zero-order chi connectivity index (χ0) is 23.5. The average molecular weight is 477 g/mol. The Kier molecular flexibility index (Phi) is 6.81. The lowest BCUT2D eigenvalue weighted by molar-refractivity contribution is 0.0150. The Morgan fingerprint density at radius 1 is 1.18 bits per heavy atom. The Morgan fingerprint density at radius 3 is 2.68 bits per heavy atom. The van der Waals surface area contributed by atoms with E-state index in [4.69, 9.17) is 21.3 Å². The largest absolute Gasteiger partial charge is 0.379 e. The maximum atomic E-state index is 12.8. The van der Waals surface area contributed by atoms with Crippen molar-refractivity contribution in [2.24, 2.45) is 0 Å². The van der Waals surface area contributed by atoms with Gasteiger partial charge in [0.05, 0.1) is 36.4 Å². The highest BCUT2D eigenvalue weighted by Gasteiger charge is 2.24. The number of nitrogens with one attached hydrogen (secondary N) is 1. The number of allylic oxidation sites excluding steroid dienone is 1. The van der Waals surface area contributed by atoms with E-state index in [1.165, 1.54) is 5.57 Å². The number of pyridine rings is 1. The minimum absolute atomic E-state index is 0.160. The Hall–Kier alpha value is -2.93. The molecule has 1 unspecified atom stereocenters. The first-order chi connectivity index (χ1) is 16.6. The van der Waals surface area contributed by atoms with Crippen LogP contribution in [-0.4, -0.2) is 52.7 Å². The van der Waals surface area contributed by atoms with Gasteiger partial charge in [-0.1, -0.05) is 17.7 Å². The van der Waals surface area contributed by atoms with E-state index in [9.17, 15) is 4.79 Å². The van der Waals surface area contributed by atoms with Crippen LogP contribution in [0.5, 0.6) is 0 Å². The summed E-state index contributed by atoms with van der Waals surface area (Å²) in [7, 11) is 0. The number of aromatic nitrogens is 2. The maximum absolute atomic E-state index is 12.8. The predicted octanol–water partition coefficient (Wildman–Crippen LogP) is 5.35. The van der Waals surface area contributed by atoms with Gasteiger partial charge in [0.15, 0.2) is 0 Å². The summed E-state index contributed by atoms with van der Waals surface area (Å²) in [5.74, 6) is -0.160. The second kappa shape index (κ2) is 10.1. The number of halogens is 1. The monoisotopic (exact) mass is 476 g/mol. The van der Waals surface area contributed by atoms with Crippen LogP contribution in [0.3, 0.4) is 0 Å². The van der Waals surface area contributed by atoms with Crippen LogP contribution in [0.15, 0.2) is 61.1 Å². The third-order valence-electron chi connectivity index (χ3n) is 6.67. The van der Waals surface area contributed by atoms with Crippen molar-refractivity contribution in [1.82, 2.24) is 14.5 Å². The summed E-state index contributed by atoms with van der Waals surface area (Å²) in [6.45, 7) is 5.80. The first kappa shape index (κ1) is 22.8. The van der Waals surface area contributed by atoms with E-state index < -0.39 is 0 Å². The highest BCUT2D eigenvalue weighted by Crippen LogP contribution is 2.31. The van der Waals surface area contributed by atoms with Gasteiger partial charge in [-0.2, -0.15) is 0 Å². The number of ether oxygens (including phenoxy) is 1.